The molecule has 2 aromatic rings. The second-order valence-corrected chi connectivity index (χ2v) is 5.59. The molecule has 104 valence electrons. The Bertz CT molecular complexity index is 611. The largest absolute Gasteiger partial charge is 0.348 e. The van der Waals surface area contributed by atoms with Crippen LogP contribution in [-0.4, -0.2) is 24.9 Å². The van der Waals surface area contributed by atoms with Crippen LogP contribution in [-0.2, 0) is 4.79 Å². The Kier molecular flexibility index (Phi) is 4.69. The molecule has 0 spiro atoms. The Hall–Kier alpha value is -1.51. The summed E-state index contributed by atoms with van der Waals surface area (Å²) < 4.78 is 0. The summed E-state index contributed by atoms with van der Waals surface area (Å²) in [5, 5.41) is 1.06. The van der Waals surface area contributed by atoms with E-state index in [1.54, 1.807) is 31.1 Å². The highest BCUT2D eigenvalue weighted by molar-refractivity contribution is 6.35. The van der Waals surface area contributed by atoms with E-state index in [2.05, 4.69) is 0 Å². The molecule has 1 unspecified atom stereocenters. The van der Waals surface area contributed by atoms with E-state index in [0.717, 1.165) is 11.1 Å². The summed E-state index contributed by atoms with van der Waals surface area (Å²) >= 11 is 12.2. The van der Waals surface area contributed by atoms with Crippen molar-refractivity contribution in [3.05, 3.63) is 69.7 Å². The second-order valence-electron chi connectivity index (χ2n) is 4.74. The molecule has 0 saturated heterocycles. The van der Waals surface area contributed by atoms with Gasteiger partial charge in [-0.3, -0.25) is 4.79 Å². The highest BCUT2D eigenvalue weighted by Crippen LogP contribution is 2.33. The van der Waals surface area contributed by atoms with Gasteiger partial charge in [0.05, 0.1) is 5.92 Å². The predicted molar refractivity (Wildman–Crippen MR) is 83.4 cm³/mol. The number of halogens is 2. The first kappa shape index (κ1) is 14.9. The van der Waals surface area contributed by atoms with Gasteiger partial charge in [0.25, 0.3) is 0 Å². The van der Waals surface area contributed by atoms with E-state index in [0.29, 0.717) is 10.0 Å². The number of hydrogen-bond acceptors (Lipinski definition) is 1. The minimum atomic E-state index is -0.420. The summed E-state index contributed by atoms with van der Waals surface area (Å²) in [5.74, 6) is -0.434. The molecule has 0 radical (unpaired) electrons. The van der Waals surface area contributed by atoms with Crippen molar-refractivity contribution in [1.82, 2.24) is 4.90 Å². The molecule has 0 aliphatic rings. The van der Waals surface area contributed by atoms with E-state index in [1.807, 2.05) is 36.4 Å². The summed E-state index contributed by atoms with van der Waals surface area (Å²) in [6, 6.07) is 14.8. The molecule has 0 aromatic heterocycles. The highest BCUT2D eigenvalue weighted by Gasteiger charge is 2.26. The first-order valence-electron chi connectivity index (χ1n) is 6.21. The SMILES string of the molecule is CN(C)C(=O)C(c1ccccc1)c1ccc(Cl)cc1Cl. The molecule has 0 saturated carbocycles. The van der Waals surface area contributed by atoms with Gasteiger partial charge in [0.1, 0.15) is 0 Å². The fourth-order valence-electron chi connectivity index (χ4n) is 2.09. The molecule has 0 bridgehead atoms. The van der Waals surface area contributed by atoms with E-state index in [1.165, 1.54) is 0 Å². The van der Waals surface area contributed by atoms with Crippen LogP contribution in [0.3, 0.4) is 0 Å². The van der Waals surface area contributed by atoms with Crippen LogP contribution in [0.2, 0.25) is 10.0 Å². The van der Waals surface area contributed by atoms with Crippen LogP contribution >= 0.6 is 23.2 Å². The maximum Gasteiger partial charge on any atom is 0.234 e. The van der Waals surface area contributed by atoms with Gasteiger partial charge in [-0.15, -0.1) is 0 Å². The Morgan fingerprint density at radius 1 is 1.05 bits per heavy atom. The van der Waals surface area contributed by atoms with Crippen LogP contribution in [0.1, 0.15) is 17.0 Å². The van der Waals surface area contributed by atoms with Crippen molar-refractivity contribution in [2.45, 2.75) is 5.92 Å². The lowest BCUT2D eigenvalue weighted by Crippen LogP contribution is -2.29. The number of carbonyl (C=O) groups is 1. The predicted octanol–water partition coefficient (Wildman–Crippen LogP) is 4.21. The Morgan fingerprint density at radius 2 is 1.70 bits per heavy atom. The van der Waals surface area contributed by atoms with Crippen LogP contribution in [0, 0.1) is 0 Å². The van der Waals surface area contributed by atoms with Crippen LogP contribution in [0.5, 0.6) is 0 Å². The molecule has 20 heavy (non-hydrogen) atoms. The molecule has 0 aliphatic carbocycles. The van der Waals surface area contributed by atoms with Crippen molar-refractivity contribution in [3.63, 3.8) is 0 Å². The molecule has 0 heterocycles. The van der Waals surface area contributed by atoms with Gasteiger partial charge >= 0.3 is 0 Å². The minimum absolute atomic E-state index is 0.0135. The van der Waals surface area contributed by atoms with Crippen molar-refractivity contribution in [2.75, 3.05) is 14.1 Å². The number of likely N-dealkylation sites (N-methyl/N-ethyl adjacent to an activating group) is 1. The van der Waals surface area contributed by atoms with E-state index >= 15 is 0 Å². The Balaban J connectivity index is 2.55. The lowest BCUT2D eigenvalue weighted by atomic mass is 9.90. The van der Waals surface area contributed by atoms with Crippen LogP contribution in [0.25, 0.3) is 0 Å². The van der Waals surface area contributed by atoms with Gasteiger partial charge in [-0.1, -0.05) is 59.6 Å². The molecule has 2 rings (SSSR count). The van der Waals surface area contributed by atoms with Crippen LogP contribution in [0.4, 0.5) is 0 Å². The van der Waals surface area contributed by atoms with Crippen LogP contribution < -0.4 is 0 Å². The lowest BCUT2D eigenvalue weighted by Gasteiger charge is -2.22. The highest BCUT2D eigenvalue weighted by atomic mass is 35.5. The van der Waals surface area contributed by atoms with Gasteiger partial charge in [0.15, 0.2) is 0 Å². The summed E-state index contributed by atoms with van der Waals surface area (Å²) in [7, 11) is 3.48. The average Bonchev–Trinajstić information content (AvgIpc) is 2.42. The zero-order chi connectivity index (χ0) is 14.7. The van der Waals surface area contributed by atoms with Gasteiger partial charge in [-0.25, -0.2) is 0 Å². The molecule has 0 fully saturated rings. The number of amides is 1. The molecular formula is C16H15Cl2NO. The lowest BCUT2D eigenvalue weighted by molar-refractivity contribution is -0.129. The average molecular weight is 308 g/mol. The zero-order valence-corrected chi connectivity index (χ0v) is 12.8. The fraction of sp³-hybridized carbons (Fsp3) is 0.188. The molecule has 0 aliphatic heterocycles. The maximum absolute atomic E-state index is 12.5. The summed E-state index contributed by atoms with van der Waals surface area (Å²) in [6.45, 7) is 0. The van der Waals surface area contributed by atoms with E-state index in [9.17, 15) is 4.79 Å². The van der Waals surface area contributed by atoms with E-state index < -0.39 is 5.92 Å². The van der Waals surface area contributed by atoms with E-state index in [-0.39, 0.29) is 5.91 Å². The second kappa shape index (κ2) is 6.29. The molecule has 1 atom stereocenters. The zero-order valence-electron chi connectivity index (χ0n) is 11.3. The molecule has 0 N–H and O–H groups in total. The van der Waals surface area contributed by atoms with Crippen molar-refractivity contribution in [2.24, 2.45) is 0 Å². The molecular weight excluding hydrogens is 293 g/mol. The third-order valence-electron chi connectivity index (χ3n) is 3.09. The number of carbonyl (C=O) groups excluding carboxylic acids is 1. The van der Waals surface area contributed by atoms with Gasteiger partial charge in [-0.2, -0.15) is 0 Å². The first-order chi connectivity index (χ1) is 9.50. The van der Waals surface area contributed by atoms with Crippen molar-refractivity contribution in [1.29, 1.82) is 0 Å². The molecule has 1 amide bonds. The quantitative estimate of drug-likeness (QED) is 0.831. The topological polar surface area (TPSA) is 20.3 Å². The monoisotopic (exact) mass is 307 g/mol. The van der Waals surface area contributed by atoms with Gasteiger partial charge < -0.3 is 4.90 Å². The van der Waals surface area contributed by atoms with Crippen molar-refractivity contribution >= 4 is 29.1 Å². The van der Waals surface area contributed by atoms with Crippen molar-refractivity contribution in [3.8, 4) is 0 Å². The maximum atomic E-state index is 12.5. The molecule has 2 nitrogen and oxygen atoms in total. The number of benzene rings is 2. The molecule has 2 aromatic carbocycles. The normalized spacial score (nSPS) is 12.0. The molecule has 4 heteroatoms. The number of nitrogens with zero attached hydrogens (tertiary/aromatic N) is 1. The summed E-state index contributed by atoms with van der Waals surface area (Å²) in [4.78, 5) is 14.1. The smallest absolute Gasteiger partial charge is 0.234 e. The third kappa shape index (κ3) is 3.14. The standard InChI is InChI=1S/C16H15Cl2NO/c1-19(2)16(20)15(11-6-4-3-5-7-11)13-9-8-12(17)10-14(13)18/h3-10,15H,1-2H3. The number of hydrogen-bond donors (Lipinski definition) is 0. The van der Waals surface area contributed by atoms with Gasteiger partial charge in [0, 0.05) is 24.1 Å². The van der Waals surface area contributed by atoms with Crippen molar-refractivity contribution < 1.29 is 4.79 Å². The minimum Gasteiger partial charge on any atom is -0.348 e. The third-order valence-corrected chi connectivity index (χ3v) is 3.66. The van der Waals surface area contributed by atoms with E-state index in [4.69, 9.17) is 23.2 Å². The summed E-state index contributed by atoms with van der Waals surface area (Å²) in [6.07, 6.45) is 0. The Labute approximate surface area is 128 Å². The Morgan fingerprint density at radius 3 is 2.25 bits per heavy atom. The summed E-state index contributed by atoms with van der Waals surface area (Å²) in [5.41, 5.74) is 1.68. The van der Waals surface area contributed by atoms with Gasteiger partial charge in [-0.05, 0) is 23.3 Å². The van der Waals surface area contributed by atoms with Crippen LogP contribution in [0.15, 0.2) is 48.5 Å². The fourth-order valence-corrected chi connectivity index (χ4v) is 2.61. The number of rotatable bonds is 3. The first-order valence-corrected chi connectivity index (χ1v) is 6.97. The van der Waals surface area contributed by atoms with Gasteiger partial charge in [0.2, 0.25) is 5.91 Å².